The average Bonchev–Trinajstić information content (AvgIpc) is 3.02. The van der Waals surface area contributed by atoms with E-state index in [1.54, 1.807) is 18.8 Å². The molecule has 3 rings (SSSR count). The van der Waals surface area contributed by atoms with Gasteiger partial charge in [-0.15, -0.1) is 0 Å². The van der Waals surface area contributed by atoms with Gasteiger partial charge in [-0.2, -0.15) is 0 Å². The van der Waals surface area contributed by atoms with Crippen LogP contribution in [0.25, 0.3) is 0 Å². The molecule has 17 heavy (non-hydrogen) atoms. The van der Waals surface area contributed by atoms with E-state index in [2.05, 4.69) is 0 Å². The smallest absolute Gasteiger partial charge is 0.140 e. The van der Waals surface area contributed by atoms with Gasteiger partial charge in [0.05, 0.1) is 18.8 Å². The second kappa shape index (κ2) is 5.51. The van der Waals surface area contributed by atoms with Gasteiger partial charge in [0.1, 0.15) is 24.4 Å². The fraction of sp³-hybridized carbons (Fsp3) is 0. The van der Waals surface area contributed by atoms with E-state index in [9.17, 15) is 0 Å². The summed E-state index contributed by atoms with van der Waals surface area (Å²) in [5.74, 6) is 0. The second-order valence-electron chi connectivity index (χ2n) is 3.19. The molecule has 3 aromatic rings. The van der Waals surface area contributed by atoms with Gasteiger partial charge in [-0.1, -0.05) is 0 Å². The maximum atomic E-state index is 5.45. The monoisotopic (exact) mass is 338 g/mol. The third-order valence-corrected chi connectivity index (χ3v) is 4.27. The maximum Gasteiger partial charge on any atom is 0.140 e. The molecule has 0 saturated heterocycles. The van der Waals surface area contributed by atoms with Crippen molar-refractivity contribution in [2.45, 2.75) is 0 Å². The zero-order valence-electron chi connectivity index (χ0n) is 8.68. The van der Waals surface area contributed by atoms with E-state index in [1.165, 1.54) is 0 Å². The molecule has 0 N–H and O–H groups in total. The first kappa shape index (κ1) is 12.4. The third kappa shape index (κ3) is 2.45. The Kier molecular flexibility index (Phi) is 4.02. The largest absolute Gasteiger partial charge is 0.464 e. The van der Waals surface area contributed by atoms with Gasteiger partial charge in [0.25, 0.3) is 0 Å². The van der Waals surface area contributed by atoms with E-state index in [0.717, 1.165) is 16.5 Å². The van der Waals surface area contributed by atoms with E-state index in [1.807, 2.05) is 36.4 Å². The fourth-order valence-corrected chi connectivity index (χ4v) is 3.37. The Hall–Kier alpha value is -1.07. The van der Waals surface area contributed by atoms with Crippen molar-refractivity contribution in [2.24, 2.45) is 0 Å². The van der Waals surface area contributed by atoms with Crippen LogP contribution in [0.3, 0.4) is 0 Å². The minimum Gasteiger partial charge on any atom is -0.464 e. The number of hydrogen-bond donors (Lipinski definition) is 0. The van der Waals surface area contributed by atoms with E-state index < -0.39 is 7.92 Å². The molecular formula is C12H9O3PPd. The van der Waals surface area contributed by atoms with Gasteiger partial charge < -0.3 is 13.3 Å². The standard InChI is InChI=1S/C12H9O3P.Pd/c1-4-10(13-7-1)16(11-5-2-8-14-11)12-6-3-9-15-12;/h1-9H;. The van der Waals surface area contributed by atoms with Crippen molar-refractivity contribution in [2.75, 3.05) is 0 Å². The van der Waals surface area contributed by atoms with Crippen molar-refractivity contribution in [1.82, 2.24) is 0 Å². The number of furan rings is 3. The van der Waals surface area contributed by atoms with Gasteiger partial charge >= 0.3 is 0 Å². The number of hydrogen-bond acceptors (Lipinski definition) is 3. The first-order valence-corrected chi connectivity index (χ1v) is 6.20. The van der Waals surface area contributed by atoms with Crippen LogP contribution in [-0.4, -0.2) is 0 Å². The maximum absolute atomic E-state index is 5.45. The van der Waals surface area contributed by atoms with Crippen molar-refractivity contribution >= 4 is 24.4 Å². The molecule has 0 atom stereocenters. The number of rotatable bonds is 3. The fourth-order valence-electron chi connectivity index (χ4n) is 1.52. The molecule has 0 aliphatic heterocycles. The van der Waals surface area contributed by atoms with Gasteiger partial charge in [-0.3, -0.25) is 0 Å². The normalized spacial score (nSPS) is 10.4. The summed E-state index contributed by atoms with van der Waals surface area (Å²) in [5, 5.41) is 0. The molecule has 0 fully saturated rings. The molecule has 0 aliphatic carbocycles. The first-order valence-electron chi connectivity index (χ1n) is 4.86. The van der Waals surface area contributed by atoms with Crippen molar-refractivity contribution < 1.29 is 33.7 Å². The zero-order valence-corrected chi connectivity index (χ0v) is 11.1. The zero-order chi connectivity index (χ0) is 10.8. The van der Waals surface area contributed by atoms with Crippen molar-refractivity contribution in [3.05, 3.63) is 55.2 Å². The summed E-state index contributed by atoms with van der Waals surface area (Å²) < 4.78 is 16.4. The topological polar surface area (TPSA) is 39.4 Å². The van der Waals surface area contributed by atoms with Crippen LogP contribution in [0.2, 0.25) is 0 Å². The summed E-state index contributed by atoms with van der Waals surface area (Å²) in [6, 6.07) is 11.4. The SMILES string of the molecule is [Pd].c1coc(P(c2ccco2)c2ccco2)c1. The Bertz CT molecular complexity index is 447. The summed E-state index contributed by atoms with van der Waals surface area (Å²) in [4.78, 5) is 0. The van der Waals surface area contributed by atoms with Crippen LogP contribution in [0.5, 0.6) is 0 Å². The summed E-state index contributed by atoms with van der Waals surface area (Å²) in [7, 11) is -0.835. The molecule has 3 heterocycles. The predicted octanol–water partition coefficient (Wildman–Crippen LogP) is 2.22. The molecule has 0 bridgehead atoms. The van der Waals surface area contributed by atoms with Crippen LogP contribution < -0.4 is 16.5 Å². The van der Waals surface area contributed by atoms with Gasteiger partial charge in [0.15, 0.2) is 0 Å². The van der Waals surface area contributed by atoms with Crippen LogP contribution >= 0.6 is 7.92 Å². The van der Waals surface area contributed by atoms with E-state index in [-0.39, 0.29) is 20.4 Å². The molecule has 0 amide bonds. The van der Waals surface area contributed by atoms with E-state index >= 15 is 0 Å². The Labute approximate surface area is 113 Å². The van der Waals surface area contributed by atoms with Crippen LogP contribution in [-0.2, 0) is 20.4 Å². The molecular weight excluding hydrogens is 330 g/mol. The average molecular weight is 339 g/mol. The van der Waals surface area contributed by atoms with Crippen LogP contribution in [0, 0.1) is 0 Å². The minimum absolute atomic E-state index is 0. The summed E-state index contributed by atoms with van der Waals surface area (Å²) in [6.45, 7) is 0. The molecule has 90 valence electrons. The molecule has 0 aliphatic rings. The van der Waals surface area contributed by atoms with Crippen LogP contribution in [0.4, 0.5) is 0 Å². The predicted molar refractivity (Wildman–Crippen MR) is 61.9 cm³/mol. The van der Waals surface area contributed by atoms with Crippen molar-refractivity contribution in [3.63, 3.8) is 0 Å². The van der Waals surface area contributed by atoms with Crippen LogP contribution in [0.1, 0.15) is 0 Å². The molecule has 0 unspecified atom stereocenters. The van der Waals surface area contributed by atoms with Gasteiger partial charge in [-0.25, -0.2) is 0 Å². The minimum atomic E-state index is -0.835. The molecule has 0 aromatic carbocycles. The molecule has 5 heteroatoms. The molecule has 3 nitrogen and oxygen atoms in total. The Balaban J connectivity index is 0.00000108. The first-order chi connectivity index (χ1) is 7.95. The van der Waals surface area contributed by atoms with Crippen molar-refractivity contribution in [3.8, 4) is 0 Å². The summed E-state index contributed by atoms with van der Waals surface area (Å²) >= 11 is 0. The quantitative estimate of drug-likeness (QED) is 0.543. The molecule has 0 saturated carbocycles. The third-order valence-electron chi connectivity index (χ3n) is 2.18. The summed E-state index contributed by atoms with van der Waals surface area (Å²) in [6.07, 6.45) is 4.99. The van der Waals surface area contributed by atoms with Crippen LogP contribution in [0.15, 0.2) is 68.4 Å². The van der Waals surface area contributed by atoms with Gasteiger partial charge in [-0.05, 0) is 36.4 Å². The van der Waals surface area contributed by atoms with Gasteiger partial charge in [0.2, 0.25) is 0 Å². The second-order valence-corrected chi connectivity index (χ2v) is 5.18. The Morgan fingerprint density at radius 2 is 1.00 bits per heavy atom. The molecule has 3 aromatic heterocycles. The molecule has 0 radical (unpaired) electrons. The summed E-state index contributed by atoms with van der Waals surface area (Å²) in [5.41, 5.74) is 2.62. The molecule has 0 spiro atoms. The Morgan fingerprint density at radius 1 is 0.647 bits per heavy atom. The van der Waals surface area contributed by atoms with Gasteiger partial charge in [0, 0.05) is 20.4 Å². The van der Waals surface area contributed by atoms with Crippen molar-refractivity contribution in [1.29, 1.82) is 0 Å². The van der Waals surface area contributed by atoms with E-state index in [4.69, 9.17) is 13.3 Å². The Morgan fingerprint density at radius 3 is 1.24 bits per heavy atom. The van der Waals surface area contributed by atoms with E-state index in [0.29, 0.717) is 0 Å².